The number of rotatable bonds is 8. The molecule has 0 radical (unpaired) electrons. The van der Waals surface area contributed by atoms with Gasteiger partial charge < -0.3 is 80.3 Å². The number of benzene rings is 15. The molecule has 0 spiro atoms. The van der Waals surface area contributed by atoms with Gasteiger partial charge in [-0.1, -0.05) is 216 Å². The summed E-state index contributed by atoms with van der Waals surface area (Å²) < 4.78 is 78.4. The third-order valence-corrected chi connectivity index (χ3v) is 22.1. The van der Waals surface area contributed by atoms with E-state index in [1.54, 1.807) is 0 Å². The predicted octanol–water partition coefficient (Wildman–Crippen LogP) is 22.9. The van der Waals surface area contributed by atoms with Gasteiger partial charge in [0.25, 0.3) is 0 Å². The molecule has 0 aromatic heterocycles. The van der Waals surface area contributed by atoms with Crippen LogP contribution in [0.15, 0.2) is 261 Å². The number of aryl methyl sites for hydroxylation is 6. The summed E-state index contributed by atoms with van der Waals surface area (Å²) in [7, 11) is 0. The van der Waals surface area contributed by atoms with E-state index in [0.717, 1.165) is 184 Å². The first-order valence-electron chi connectivity index (χ1n) is 39.4. The molecule has 0 atom stereocenters. The number of nitrogen functional groups attached to an aromatic ring is 14. The van der Waals surface area contributed by atoms with Gasteiger partial charge >= 0.3 is 12.4 Å². The smallest absolute Gasteiger partial charge is 0.399 e. The minimum atomic E-state index is -4.84. The number of nitrogens with two attached hydrogens (primary N) is 14. The Kier molecular flexibility index (Phi) is 27.5. The average Bonchev–Trinajstić information content (AvgIpc) is 1.54. The van der Waals surface area contributed by atoms with Crippen molar-refractivity contribution in [1.82, 2.24) is 0 Å². The Morgan fingerprint density at radius 1 is 0.250 bits per heavy atom. The van der Waals surface area contributed by atoms with Crippen LogP contribution in [0.2, 0.25) is 0 Å². The number of anilines is 14. The highest BCUT2D eigenvalue weighted by Gasteiger charge is 2.46. The molecule has 15 aromatic carbocycles. The van der Waals surface area contributed by atoms with Crippen molar-refractivity contribution < 1.29 is 26.3 Å². The van der Waals surface area contributed by atoms with Gasteiger partial charge in [-0.25, -0.2) is 0 Å². The van der Waals surface area contributed by atoms with Crippen LogP contribution < -0.4 is 80.3 Å². The van der Waals surface area contributed by atoms with Crippen molar-refractivity contribution in [3.05, 3.63) is 344 Å². The van der Waals surface area contributed by atoms with Gasteiger partial charge in [-0.15, -0.1) is 0 Å². The molecular formula is C100H106F6N14. The molecule has 0 heterocycles. The van der Waals surface area contributed by atoms with Crippen molar-refractivity contribution in [2.75, 3.05) is 80.3 Å². The van der Waals surface area contributed by atoms with Crippen LogP contribution in [-0.2, 0) is 43.5 Å². The summed E-state index contributed by atoms with van der Waals surface area (Å²) in [6.45, 7) is 18.4. The van der Waals surface area contributed by atoms with Gasteiger partial charge in [0.2, 0.25) is 0 Å². The Morgan fingerprint density at radius 3 is 0.933 bits per heavy atom. The Bertz CT molecular complexity index is 5860. The van der Waals surface area contributed by atoms with Gasteiger partial charge in [0.05, 0.1) is 16.5 Å². The van der Waals surface area contributed by atoms with Crippen molar-refractivity contribution >= 4 is 112 Å². The van der Waals surface area contributed by atoms with Gasteiger partial charge in [0.15, 0.2) is 0 Å². The zero-order valence-corrected chi connectivity index (χ0v) is 69.0. The summed E-state index contributed by atoms with van der Waals surface area (Å²) >= 11 is 0. The largest absolute Gasteiger partial charge is 0.417 e. The van der Waals surface area contributed by atoms with Crippen LogP contribution >= 0.6 is 0 Å². The molecule has 1 aliphatic rings. The molecule has 15 aromatic rings. The maximum Gasteiger partial charge on any atom is 0.417 e. The van der Waals surface area contributed by atoms with Gasteiger partial charge in [0, 0.05) is 101 Å². The predicted molar refractivity (Wildman–Crippen MR) is 499 cm³/mol. The second kappa shape index (κ2) is 37.4. The third kappa shape index (κ3) is 18.8. The lowest BCUT2D eigenvalue weighted by Gasteiger charge is -2.34. The lowest BCUT2D eigenvalue weighted by Crippen LogP contribution is -2.28. The second-order valence-electron chi connectivity index (χ2n) is 29.7. The van der Waals surface area contributed by atoms with Crippen LogP contribution in [0.3, 0.4) is 0 Å². The highest BCUT2D eigenvalue weighted by molar-refractivity contribution is 6.10. The molecule has 0 unspecified atom stereocenters. The first kappa shape index (κ1) is 88.2. The summed E-state index contributed by atoms with van der Waals surface area (Å²) in [6.07, 6.45) is -5.85. The second-order valence-corrected chi connectivity index (χ2v) is 29.7. The molecule has 618 valence electrons. The molecule has 0 saturated carbocycles. The van der Waals surface area contributed by atoms with Crippen molar-refractivity contribution in [1.29, 1.82) is 0 Å². The first-order valence-corrected chi connectivity index (χ1v) is 39.4. The molecule has 0 fully saturated rings. The average molecular weight is 1620 g/mol. The number of fused-ring (bicyclic) bond motifs is 6. The summed E-state index contributed by atoms with van der Waals surface area (Å²) in [6, 6.07) is 81.5. The molecule has 0 saturated heterocycles. The Balaban J connectivity index is 0.000000151. The zero-order valence-electron chi connectivity index (χ0n) is 69.0. The monoisotopic (exact) mass is 1620 g/mol. The van der Waals surface area contributed by atoms with Gasteiger partial charge in [-0.2, -0.15) is 26.3 Å². The van der Waals surface area contributed by atoms with E-state index in [0.29, 0.717) is 12.1 Å². The summed E-state index contributed by atoms with van der Waals surface area (Å²) in [4.78, 5) is 0. The van der Waals surface area contributed by atoms with Crippen molar-refractivity contribution in [3.8, 4) is 33.4 Å². The van der Waals surface area contributed by atoms with Crippen molar-refractivity contribution in [2.24, 2.45) is 0 Å². The van der Waals surface area contributed by atoms with Crippen LogP contribution in [0, 0.1) is 34.6 Å². The number of halogens is 6. The fourth-order valence-electron chi connectivity index (χ4n) is 15.5. The van der Waals surface area contributed by atoms with E-state index in [9.17, 15) is 26.3 Å². The van der Waals surface area contributed by atoms with E-state index in [1.807, 2.05) is 138 Å². The fourth-order valence-corrected chi connectivity index (χ4v) is 15.5. The van der Waals surface area contributed by atoms with Crippen LogP contribution in [0.25, 0.3) is 65.7 Å². The van der Waals surface area contributed by atoms with E-state index >= 15 is 0 Å². The van der Waals surface area contributed by atoms with Crippen LogP contribution in [-0.4, -0.2) is 0 Å². The minimum Gasteiger partial charge on any atom is -0.399 e. The van der Waals surface area contributed by atoms with Crippen molar-refractivity contribution in [3.63, 3.8) is 0 Å². The van der Waals surface area contributed by atoms with E-state index in [2.05, 4.69) is 149 Å². The van der Waals surface area contributed by atoms with Crippen LogP contribution in [0.5, 0.6) is 0 Å². The van der Waals surface area contributed by atoms with E-state index in [-0.39, 0.29) is 16.8 Å². The summed E-state index contributed by atoms with van der Waals surface area (Å²) in [5.41, 5.74) is 107. The molecular weight excluding hydrogens is 1510 g/mol. The molecule has 28 N–H and O–H groups in total. The maximum atomic E-state index is 13.1. The number of hydrogen-bond donors (Lipinski definition) is 14. The van der Waals surface area contributed by atoms with Crippen molar-refractivity contribution in [2.45, 2.75) is 106 Å². The van der Waals surface area contributed by atoms with Gasteiger partial charge in [-0.05, 0) is 250 Å². The minimum absolute atomic E-state index is 0.194. The molecule has 14 nitrogen and oxygen atoms in total. The summed E-state index contributed by atoms with van der Waals surface area (Å²) in [5.74, 6) is 0. The highest BCUT2D eigenvalue weighted by Crippen LogP contribution is 2.56. The van der Waals surface area contributed by atoms with E-state index in [1.165, 1.54) is 61.2 Å². The molecule has 0 aliphatic heterocycles. The third-order valence-electron chi connectivity index (χ3n) is 22.1. The normalized spacial score (nSPS) is 11.6. The lowest BCUT2D eigenvalue weighted by atomic mass is 9.67. The molecule has 20 heteroatoms. The molecule has 16 rings (SSSR count). The van der Waals surface area contributed by atoms with E-state index in [4.69, 9.17) is 80.3 Å². The molecule has 0 bridgehead atoms. The van der Waals surface area contributed by atoms with Crippen LogP contribution in [0.1, 0.15) is 111 Å². The Hall–Kier alpha value is -14.1. The molecule has 120 heavy (non-hydrogen) atoms. The SMILES string of the molecule is CCc1cc(C)c(N)c(CC)c1N.CCc1cc(CC)c(N)c(C)c1N.Cc1cc(C)c(N)c(C)c1N.Nc1ccc(-c2ccc(N)c3ccccc23)c2ccccc12.Nc1ccc(-c2ccc(N)cc2C(F)(F)F)c(C(F)(F)F)c1.Nc1ccc(C2(c3ccc(N)cc3)c3ccccc3-c3ccccc32)cc1.Nc1cccc2c(N)cccc12. The van der Waals surface area contributed by atoms with Crippen LogP contribution in [0.4, 0.5) is 106 Å². The Morgan fingerprint density at radius 2 is 0.558 bits per heavy atom. The first-order chi connectivity index (χ1) is 57.0. The number of hydrogen-bond acceptors (Lipinski definition) is 14. The fraction of sp³-hybridized carbons (Fsp3) is 0.160. The zero-order chi connectivity index (χ0) is 87.4. The maximum absolute atomic E-state index is 13.1. The quantitative estimate of drug-likeness (QED) is 0.0497. The highest BCUT2D eigenvalue weighted by atomic mass is 19.4. The number of alkyl halides is 6. The lowest BCUT2D eigenvalue weighted by molar-refractivity contribution is -0.139. The van der Waals surface area contributed by atoms with Gasteiger partial charge in [-0.3, -0.25) is 0 Å². The van der Waals surface area contributed by atoms with E-state index < -0.39 is 34.6 Å². The molecule has 1 aliphatic carbocycles. The Labute approximate surface area is 698 Å². The standard InChI is InChI=1S/C25H20N2.C20H16N2.C14H10F6N2.2C11H18N2.C10H10N2.C9H14N2/c26-19-13-9-17(10-14-19)25(18-11-15-20(27)16-12-18)23-7-3-1-5-21(23)22-6-2-4-8-24(22)25;21-19-11-9-15(13-5-1-3-7-17(13)19)16-10-12-20(22)18-8-4-2-6-14(16)18;15-13(16,17)11-5-7(21)1-3-9(11)10-4-2-8(22)6-12(10)14(18,19)20;1-4-8-6-9(5-2)11(13)7(3)10(8)12;1-4-8-6-7(3)10(12)9(5-2)11(8)13;11-9-5-1-3-7-8(9)4-2-6-10(7)12;1-5-4-6(2)9(11)7(3)8(5)10/h1-16H,26-27H2;1-12H,21-22H2;1-6H,21-22H2;2*6H,4-5,12-13H2,1-3H3;1-6H,11-12H2;4H,10-11H2,1-3H3. The van der Waals surface area contributed by atoms with Gasteiger partial charge in [0.1, 0.15) is 0 Å². The summed E-state index contributed by atoms with van der Waals surface area (Å²) in [5, 5.41) is 6.55. The topological polar surface area (TPSA) is 364 Å². The molecule has 0 amide bonds.